The van der Waals surface area contributed by atoms with Crippen LogP contribution in [0.4, 0.5) is 0 Å². The van der Waals surface area contributed by atoms with E-state index in [1.165, 1.54) is 9.75 Å². The zero-order valence-corrected chi connectivity index (χ0v) is 11.0. The maximum atomic E-state index is 4.19. The van der Waals surface area contributed by atoms with Crippen LogP contribution in [0.3, 0.4) is 0 Å². The number of rotatable bonds is 5. The molecule has 2 heterocycles. The van der Waals surface area contributed by atoms with E-state index >= 15 is 0 Å². The second-order valence-corrected chi connectivity index (χ2v) is 5.57. The molecule has 2 aromatic rings. The van der Waals surface area contributed by atoms with Gasteiger partial charge in [0.05, 0.1) is 5.69 Å². The molecule has 0 aliphatic rings. The second kappa shape index (κ2) is 5.89. The Hall–Kier alpha value is -1.26. The van der Waals surface area contributed by atoms with Gasteiger partial charge in [-0.15, -0.1) is 11.3 Å². The Morgan fingerprint density at radius 1 is 1.35 bits per heavy atom. The highest BCUT2D eigenvalue weighted by Crippen LogP contribution is 2.16. The Morgan fingerprint density at radius 2 is 2.24 bits per heavy atom. The molecule has 4 heteroatoms. The molecule has 0 spiro atoms. The molecule has 0 fully saturated rings. The van der Waals surface area contributed by atoms with Crippen LogP contribution in [0.15, 0.2) is 30.7 Å². The van der Waals surface area contributed by atoms with Gasteiger partial charge in [0.25, 0.3) is 0 Å². The van der Waals surface area contributed by atoms with Gasteiger partial charge >= 0.3 is 0 Å². The summed E-state index contributed by atoms with van der Waals surface area (Å²) in [7, 11) is 0. The van der Waals surface area contributed by atoms with Gasteiger partial charge in [0.2, 0.25) is 0 Å². The third-order valence-corrected chi connectivity index (χ3v) is 3.60. The average Bonchev–Trinajstić information content (AvgIpc) is 2.73. The highest BCUT2D eigenvalue weighted by Gasteiger charge is 2.05. The molecule has 3 nitrogen and oxygen atoms in total. The summed E-state index contributed by atoms with van der Waals surface area (Å²) >= 11 is 1.87. The Bertz CT molecular complexity index is 453. The molecule has 0 saturated carbocycles. The van der Waals surface area contributed by atoms with E-state index in [0.29, 0.717) is 6.04 Å². The molecule has 0 saturated heterocycles. The molecule has 17 heavy (non-hydrogen) atoms. The average molecular weight is 247 g/mol. The van der Waals surface area contributed by atoms with Gasteiger partial charge in [-0.3, -0.25) is 0 Å². The van der Waals surface area contributed by atoms with Gasteiger partial charge in [0.1, 0.15) is 6.33 Å². The lowest BCUT2D eigenvalue weighted by Crippen LogP contribution is -2.27. The first-order chi connectivity index (χ1) is 8.24. The number of aromatic nitrogens is 2. The normalized spacial score (nSPS) is 12.6. The van der Waals surface area contributed by atoms with E-state index in [2.05, 4.69) is 41.3 Å². The van der Waals surface area contributed by atoms with Gasteiger partial charge < -0.3 is 5.32 Å². The van der Waals surface area contributed by atoms with Crippen molar-refractivity contribution in [2.45, 2.75) is 32.9 Å². The predicted molar refractivity (Wildman–Crippen MR) is 71.1 cm³/mol. The van der Waals surface area contributed by atoms with Crippen LogP contribution >= 0.6 is 11.3 Å². The smallest absolute Gasteiger partial charge is 0.115 e. The van der Waals surface area contributed by atoms with Crippen molar-refractivity contribution in [3.63, 3.8) is 0 Å². The number of hydrogen-bond donors (Lipinski definition) is 1. The SMILES string of the molecule is Cc1ccc(CC(C)NCc2ccncn2)s1. The molecule has 0 aliphatic heterocycles. The first-order valence-corrected chi connectivity index (χ1v) is 6.59. The van der Waals surface area contributed by atoms with E-state index in [1.54, 1.807) is 12.5 Å². The molecule has 2 rings (SSSR count). The molecule has 1 N–H and O–H groups in total. The number of thiophene rings is 1. The fourth-order valence-electron chi connectivity index (χ4n) is 1.67. The van der Waals surface area contributed by atoms with Gasteiger partial charge in [0, 0.05) is 28.5 Å². The molecule has 0 bridgehead atoms. The van der Waals surface area contributed by atoms with Crippen LogP contribution in [0.25, 0.3) is 0 Å². The van der Waals surface area contributed by atoms with E-state index in [9.17, 15) is 0 Å². The van der Waals surface area contributed by atoms with Gasteiger partial charge in [-0.25, -0.2) is 9.97 Å². The van der Waals surface area contributed by atoms with Crippen molar-refractivity contribution in [3.05, 3.63) is 46.2 Å². The van der Waals surface area contributed by atoms with Crippen LogP contribution in [0, 0.1) is 6.92 Å². The third-order valence-electron chi connectivity index (χ3n) is 2.58. The van der Waals surface area contributed by atoms with Crippen molar-refractivity contribution in [1.82, 2.24) is 15.3 Å². The van der Waals surface area contributed by atoms with Crippen LogP contribution in [-0.4, -0.2) is 16.0 Å². The van der Waals surface area contributed by atoms with Gasteiger partial charge in [-0.1, -0.05) is 0 Å². The first-order valence-electron chi connectivity index (χ1n) is 5.77. The topological polar surface area (TPSA) is 37.8 Å². The second-order valence-electron chi connectivity index (χ2n) is 4.20. The summed E-state index contributed by atoms with van der Waals surface area (Å²) in [6.45, 7) is 5.15. The van der Waals surface area contributed by atoms with E-state index < -0.39 is 0 Å². The monoisotopic (exact) mass is 247 g/mol. The summed E-state index contributed by atoms with van der Waals surface area (Å²) in [5.74, 6) is 0. The fourth-order valence-corrected chi connectivity index (χ4v) is 2.69. The van der Waals surface area contributed by atoms with E-state index in [-0.39, 0.29) is 0 Å². The van der Waals surface area contributed by atoms with Crippen molar-refractivity contribution in [3.8, 4) is 0 Å². The molecule has 2 aromatic heterocycles. The largest absolute Gasteiger partial charge is 0.308 e. The molecular weight excluding hydrogens is 230 g/mol. The lowest BCUT2D eigenvalue weighted by molar-refractivity contribution is 0.542. The third kappa shape index (κ3) is 3.91. The van der Waals surface area contributed by atoms with Gasteiger partial charge in [-0.2, -0.15) is 0 Å². The molecule has 90 valence electrons. The molecule has 0 aliphatic carbocycles. The number of aryl methyl sites for hydroxylation is 1. The van der Waals surface area contributed by atoms with Crippen molar-refractivity contribution in [2.24, 2.45) is 0 Å². The number of hydrogen-bond acceptors (Lipinski definition) is 4. The van der Waals surface area contributed by atoms with Crippen LogP contribution in [0.5, 0.6) is 0 Å². The van der Waals surface area contributed by atoms with E-state index in [1.807, 2.05) is 17.4 Å². The predicted octanol–water partition coefficient (Wildman–Crippen LogP) is 2.57. The Kier molecular flexibility index (Phi) is 4.23. The molecule has 0 amide bonds. The van der Waals surface area contributed by atoms with Gasteiger partial charge in [-0.05, 0) is 38.5 Å². The Balaban J connectivity index is 1.80. The Labute approximate surface area is 106 Å². The quantitative estimate of drug-likeness (QED) is 0.882. The minimum absolute atomic E-state index is 0.461. The molecule has 0 radical (unpaired) electrons. The fraction of sp³-hybridized carbons (Fsp3) is 0.385. The number of nitrogens with one attached hydrogen (secondary N) is 1. The van der Waals surface area contributed by atoms with Crippen LogP contribution in [-0.2, 0) is 13.0 Å². The van der Waals surface area contributed by atoms with Crippen molar-refractivity contribution in [2.75, 3.05) is 0 Å². The highest BCUT2D eigenvalue weighted by atomic mass is 32.1. The minimum atomic E-state index is 0.461. The highest BCUT2D eigenvalue weighted by molar-refractivity contribution is 7.11. The maximum absolute atomic E-state index is 4.19. The summed E-state index contributed by atoms with van der Waals surface area (Å²) in [5.41, 5.74) is 1.04. The summed E-state index contributed by atoms with van der Waals surface area (Å²) in [5, 5.41) is 3.47. The summed E-state index contributed by atoms with van der Waals surface area (Å²) in [6, 6.07) is 6.79. The molecule has 1 atom stereocenters. The van der Waals surface area contributed by atoms with Crippen molar-refractivity contribution >= 4 is 11.3 Å². The summed E-state index contributed by atoms with van der Waals surface area (Å²) in [4.78, 5) is 10.9. The zero-order chi connectivity index (χ0) is 12.1. The maximum Gasteiger partial charge on any atom is 0.115 e. The van der Waals surface area contributed by atoms with Gasteiger partial charge in [0.15, 0.2) is 0 Å². The summed E-state index contributed by atoms with van der Waals surface area (Å²) < 4.78 is 0. The molecule has 0 aromatic carbocycles. The van der Waals surface area contributed by atoms with Crippen LogP contribution in [0.1, 0.15) is 22.4 Å². The number of nitrogens with zero attached hydrogens (tertiary/aromatic N) is 2. The molecule has 1 unspecified atom stereocenters. The standard InChI is InChI=1S/C13H17N3S/c1-10(7-13-4-3-11(2)17-13)15-8-12-5-6-14-9-16-12/h3-6,9-10,15H,7-8H2,1-2H3. The van der Waals surface area contributed by atoms with E-state index in [0.717, 1.165) is 18.7 Å². The lowest BCUT2D eigenvalue weighted by atomic mass is 10.2. The molecular formula is C13H17N3S. The van der Waals surface area contributed by atoms with E-state index in [4.69, 9.17) is 0 Å². The minimum Gasteiger partial charge on any atom is -0.308 e. The Morgan fingerprint density at radius 3 is 2.88 bits per heavy atom. The van der Waals surface area contributed by atoms with Crippen LogP contribution < -0.4 is 5.32 Å². The summed E-state index contributed by atoms with van der Waals surface area (Å²) in [6.07, 6.45) is 4.44. The lowest BCUT2D eigenvalue weighted by Gasteiger charge is -2.12. The van der Waals surface area contributed by atoms with Crippen molar-refractivity contribution < 1.29 is 0 Å². The zero-order valence-electron chi connectivity index (χ0n) is 10.2. The first kappa shape index (κ1) is 12.2. The van der Waals surface area contributed by atoms with Crippen LogP contribution in [0.2, 0.25) is 0 Å². The van der Waals surface area contributed by atoms with Crippen molar-refractivity contribution in [1.29, 1.82) is 0 Å².